The van der Waals surface area contributed by atoms with E-state index in [1.807, 2.05) is 30.3 Å². The van der Waals surface area contributed by atoms with Crippen LogP contribution in [0.3, 0.4) is 0 Å². The number of urea groups is 1. The highest BCUT2D eigenvalue weighted by Crippen LogP contribution is 2.19. The van der Waals surface area contributed by atoms with E-state index in [1.54, 1.807) is 18.1 Å². The molecule has 1 aliphatic carbocycles. The van der Waals surface area contributed by atoms with Gasteiger partial charge < -0.3 is 20.3 Å². The molecule has 1 saturated carbocycles. The molecule has 1 atom stereocenters. The number of hydrogen-bond donors (Lipinski definition) is 2. The van der Waals surface area contributed by atoms with Gasteiger partial charge in [-0.05, 0) is 30.5 Å². The van der Waals surface area contributed by atoms with Gasteiger partial charge in [-0.1, -0.05) is 43.5 Å². The molecule has 0 unspecified atom stereocenters. The Hall–Kier alpha value is -2.50. The summed E-state index contributed by atoms with van der Waals surface area (Å²) in [6.45, 7) is 0.893. The summed E-state index contributed by atoms with van der Waals surface area (Å²) in [5.74, 6) is 0.623. The molecule has 140 valence electrons. The van der Waals surface area contributed by atoms with Crippen molar-refractivity contribution in [2.75, 3.05) is 13.7 Å². The summed E-state index contributed by atoms with van der Waals surface area (Å²) < 4.78 is 5.13. The highest BCUT2D eigenvalue weighted by Gasteiger charge is 2.31. The topological polar surface area (TPSA) is 70.7 Å². The Bertz CT molecular complexity index is 651. The van der Waals surface area contributed by atoms with Crippen LogP contribution in [0.4, 0.5) is 4.79 Å². The fraction of sp³-hybridized carbons (Fsp3) is 0.500. The molecule has 3 amide bonds. The predicted molar refractivity (Wildman–Crippen MR) is 99.9 cm³/mol. The fourth-order valence-electron chi connectivity index (χ4n) is 3.50. The van der Waals surface area contributed by atoms with Crippen LogP contribution in [0.5, 0.6) is 5.75 Å². The number of ether oxygens (including phenoxy) is 1. The van der Waals surface area contributed by atoms with Crippen molar-refractivity contribution in [3.63, 3.8) is 0 Å². The lowest BCUT2D eigenvalue weighted by Gasteiger charge is -2.29. The second-order valence-corrected chi connectivity index (χ2v) is 6.88. The number of rotatable bonds is 5. The van der Waals surface area contributed by atoms with Gasteiger partial charge in [-0.15, -0.1) is 0 Å². The number of benzene rings is 1. The van der Waals surface area contributed by atoms with Gasteiger partial charge in [-0.25, -0.2) is 4.79 Å². The van der Waals surface area contributed by atoms with Crippen LogP contribution in [0.1, 0.15) is 37.7 Å². The van der Waals surface area contributed by atoms with Gasteiger partial charge in [0.1, 0.15) is 11.8 Å². The Morgan fingerprint density at radius 2 is 1.88 bits per heavy atom. The standard InChI is InChI=1S/C20H27N3O3/c1-26-17-11-9-15(10-12-17)14-21-19(24)18-8-5-13-23(18)20(25)22-16-6-3-2-4-7-16/h5,8-12,16,18H,2-4,6-7,13-14H2,1H3,(H,21,24)(H,22,25)/t18-/m1/s1. The second-order valence-electron chi connectivity index (χ2n) is 6.88. The van der Waals surface area contributed by atoms with Gasteiger partial charge in [0.25, 0.3) is 0 Å². The summed E-state index contributed by atoms with van der Waals surface area (Å²) in [6, 6.07) is 7.10. The Balaban J connectivity index is 1.51. The number of hydrogen-bond acceptors (Lipinski definition) is 3. The molecule has 2 N–H and O–H groups in total. The highest BCUT2D eigenvalue weighted by atomic mass is 16.5. The van der Waals surface area contributed by atoms with Crippen LogP contribution in [0, 0.1) is 0 Å². The Morgan fingerprint density at radius 1 is 1.15 bits per heavy atom. The van der Waals surface area contributed by atoms with Gasteiger partial charge >= 0.3 is 6.03 Å². The molecular weight excluding hydrogens is 330 g/mol. The van der Waals surface area contributed by atoms with Gasteiger partial charge in [-0.2, -0.15) is 0 Å². The first kappa shape index (κ1) is 18.3. The van der Waals surface area contributed by atoms with Gasteiger partial charge in [0, 0.05) is 19.1 Å². The molecule has 1 aliphatic heterocycles. The van der Waals surface area contributed by atoms with Crippen LogP contribution in [0.25, 0.3) is 0 Å². The molecule has 6 nitrogen and oxygen atoms in total. The van der Waals surface area contributed by atoms with E-state index in [2.05, 4.69) is 10.6 Å². The molecule has 1 aromatic carbocycles. The first-order valence-electron chi connectivity index (χ1n) is 9.32. The fourth-order valence-corrected chi connectivity index (χ4v) is 3.50. The summed E-state index contributed by atoms with van der Waals surface area (Å²) >= 11 is 0. The van der Waals surface area contributed by atoms with E-state index >= 15 is 0 Å². The monoisotopic (exact) mass is 357 g/mol. The van der Waals surface area contributed by atoms with Crippen molar-refractivity contribution in [1.29, 1.82) is 0 Å². The van der Waals surface area contributed by atoms with Crippen molar-refractivity contribution in [3.05, 3.63) is 42.0 Å². The van der Waals surface area contributed by atoms with Crippen molar-refractivity contribution < 1.29 is 14.3 Å². The Kier molecular flexibility index (Phi) is 6.15. The molecule has 0 radical (unpaired) electrons. The Morgan fingerprint density at radius 3 is 2.58 bits per heavy atom. The van der Waals surface area contributed by atoms with Crippen molar-refractivity contribution in [1.82, 2.24) is 15.5 Å². The molecule has 0 aromatic heterocycles. The third kappa shape index (κ3) is 4.56. The molecule has 0 spiro atoms. The lowest BCUT2D eigenvalue weighted by Crippen LogP contribution is -2.52. The molecule has 1 heterocycles. The zero-order chi connectivity index (χ0) is 18.4. The number of methoxy groups -OCH3 is 1. The quantitative estimate of drug-likeness (QED) is 0.796. The number of nitrogens with one attached hydrogen (secondary N) is 2. The average molecular weight is 357 g/mol. The molecule has 1 fully saturated rings. The molecule has 0 saturated heterocycles. The predicted octanol–water partition coefficient (Wildman–Crippen LogP) is 2.59. The smallest absolute Gasteiger partial charge is 0.318 e. The van der Waals surface area contributed by atoms with Crippen LogP contribution in [-0.4, -0.2) is 42.6 Å². The third-order valence-corrected chi connectivity index (χ3v) is 5.04. The van der Waals surface area contributed by atoms with E-state index in [4.69, 9.17) is 4.74 Å². The van der Waals surface area contributed by atoms with E-state index < -0.39 is 6.04 Å². The molecule has 3 rings (SSSR count). The molecule has 1 aromatic rings. The Labute approximate surface area is 154 Å². The van der Waals surface area contributed by atoms with Crippen LogP contribution in [0.2, 0.25) is 0 Å². The zero-order valence-corrected chi connectivity index (χ0v) is 15.2. The van der Waals surface area contributed by atoms with Crippen LogP contribution >= 0.6 is 0 Å². The maximum Gasteiger partial charge on any atom is 0.318 e. The van der Waals surface area contributed by atoms with Crippen molar-refractivity contribution in [2.24, 2.45) is 0 Å². The highest BCUT2D eigenvalue weighted by molar-refractivity contribution is 5.89. The molecule has 0 bridgehead atoms. The third-order valence-electron chi connectivity index (χ3n) is 5.04. The molecular formula is C20H27N3O3. The van der Waals surface area contributed by atoms with Crippen molar-refractivity contribution in [3.8, 4) is 5.75 Å². The van der Waals surface area contributed by atoms with E-state index in [0.717, 1.165) is 37.0 Å². The van der Waals surface area contributed by atoms with Gasteiger partial charge in [-0.3, -0.25) is 4.79 Å². The summed E-state index contributed by atoms with van der Waals surface area (Å²) in [4.78, 5) is 26.7. The lowest BCUT2D eigenvalue weighted by molar-refractivity contribution is -0.123. The summed E-state index contributed by atoms with van der Waals surface area (Å²) in [5.41, 5.74) is 0.985. The average Bonchev–Trinajstić information content (AvgIpc) is 3.17. The number of amides is 3. The zero-order valence-electron chi connectivity index (χ0n) is 15.2. The van der Waals surface area contributed by atoms with E-state index in [-0.39, 0.29) is 18.0 Å². The normalized spacial score (nSPS) is 20.0. The van der Waals surface area contributed by atoms with Crippen molar-refractivity contribution in [2.45, 2.75) is 50.7 Å². The van der Waals surface area contributed by atoms with Crippen molar-refractivity contribution >= 4 is 11.9 Å². The van der Waals surface area contributed by atoms with E-state index in [9.17, 15) is 9.59 Å². The minimum Gasteiger partial charge on any atom is -0.497 e. The number of carbonyl (C=O) groups excluding carboxylic acids is 2. The maximum absolute atomic E-state index is 12.6. The molecule has 2 aliphatic rings. The molecule has 6 heteroatoms. The number of carbonyl (C=O) groups is 2. The summed E-state index contributed by atoms with van der Waals surface area (Å²) in [5, 5.41) is 6.00. The van der Waals surface area contributed by atoms with Gasteiger partial charge in [0.2, 0.25) is 5.91 Å². The van der Waals surface area contributed by atoms with E-state index in [1.165, 1.54) is 6.42 Å². The summed E-state index contributed by atoms with van der Waals surface area (Å²) in [6.07, 6.45) is 9.29. The number of nitrogens with zero attached hydrogens (tertiary/aromatic N) is 1. The minimum absolute atomic E-state index is 0.147. The SMILES string of the molecule is COc1ccc(CNC(=O)[C@H]2C=CCN2C(=O)NC2CCCCC2)cc1. The first-order valence-corrected chi connectivity index (χ1v) is 9.32. The van der Waals surface area contributed by atoms with Gasteiger partial charge in [0.15, 0.2) is 0 Å². The lowest BCUT2D eigenvalue weighted by atomic mass is 9.96. The van der Waals surface area contributed by atoms with Crippen LogP contribution in [-0.2, 0) is 11.3 Å². The minimum atomic E-state index is -0.545. The second kappa shape index (κ2) is 8.74. The van der Waals surface area contributed by atoms with Gasteiger partial charge in [0.05, 0.1) is 7.11 Å². The largest absolute Gasteiger partial charge is 0.497 e. The van der Waals surface area contributed by atoms with E-state index in [0.29, 0.717) is 13.1 Å². The maximum atomic E-state index is 12.6. The first-order chi connectivity index (χ1) is 12.7. The molecule has 26 heavy (non-hydrogen) atoms. The van der Waals surface area contributed by atoms with Crippen LogP contribution in [0.15, 0.2) is 36.4 Å². The van der Waals surface area contributed by atoms with Crippen LogP contribution < -0.4 is 15.4 Å². The summed E-state index contributed by atoms with van der Waals surface area (Å²) in [7, 11) is 1.62.